The summed E-state index contributed by atoms with van der Waals surface area (Å²) >= 11 is 0. The molecule has 3 rings (SSSR count). The summed E-state index contributed by atoms with van der Waals surface area (Å²) < 4.78 is 0. The molecular formula is C16H28N2O. The standard InChI is InChI=1S/C16H28N2O/c19-16(13-5-2-1-3-6-13)15-7-4-12-18(15)14-8-10-17-11-9-14/h13-15,17H,1-12H2. The van der Waals surface area contributed by atoms with Crippen molar-refractivity contribution in [1.82, 2.24) is 10.2 Å². The summed E-state index contributed by atoms with van der Waals surface area (Å²) in [4.78, 5) is 15.4. The molecule has 3 heteroatoms. The Morgan fingerprint density at radius 3 is 2.37 bits per heavy atom. The van der Waals surface area contributed by atoms with Crippen LogP contribution in [0.2, 0.25) is 0 Å². The van der Waals surface area contributed by atoms with Gasteiger partial charge in [-0.05, 0) is 58.2 Å². The number of carbonyl (C=O) groups excluding carboxylic acids is 1. The van der Waals surface area contributed by atoms with Crippen LogP contribution in [0, 0.1) is 5.92 Å². The molecule has 2 heterocycles. The van der Waals surface area contributed by atoms with Gasteiger partial charge in [0, 0.05) is 12.0 Å². The monoisotopic (exact) mass is 264 g/mol. The summed E-state index contributed by atoms with van der Waals surface area (Å²) in [6, 6.07) is 0.937. The van der Waals surface area contributed by atoms with Crippen LogP contribution in [0.15, 0.2) is 0 Å². The number of hydrogen-bond donors (Lipinski definition) is 1. The van der Waals surface area contributed by atoms with E-state index in [1.165, 1.54) is 38.5 Å². The normalized spacial score (nSPS) is 31.7. The van der Waals surface area contributed by atoms with Crippen molar-refractivity contribution >= 4 is 5.78 Å². The minimum atomic E-state index is 0.270. The Morgan fingerprint density at radius 1 is 0.895 bits per heavy atom. The second-order valence-corrected chi connectivity index (χ2v) is 6.61. The Kier molecular flexibility index (Phi) is 4.54. The number of Topliss-reactive ketones (excluding diaryl/α,β-unsaturated/α-hetero) is 1. The van der Waals surface area contributed by atoms with Gasteiger partial charge in [0.15, 0.2) is 5.78 Å². The molecule has 1 atom stereocenters. The Labute approximate surface area is 117 Å². The second-order valence-electron chi connectivity index (χ2n) is 6.61. The van der Waals surface area contributed by atoms with Gasteiger partial charge in [0.2, 0.25) is 0 Å². The molecule has 108 valence electrons. The lowest BCUT2D eigenvalue weighted by Gasteiger charge is -2.36. The highest BCUT2D eigenvalue weighted by Gasteiger charge is 2.38. The Balaban J connectivity index is 1.62. The molecule has 2 aliphatic heterocycles. The molecule has 3 aliphatic rings. The molecule has 0 bridgehead atoms. The van der Waals surface area contributed by atoms with E-state index in [9.17, 15) is 4.79 Å². The summed E-state index contributed by atoms with van der Waals surface area (Å²) in [5, 5.41) is 3.43. The van der Waals surface area contributed by atoms with Crippen LogP contribution >= 0.6 is 0 Å². The fourth-order valence-electron chi connectivity index (χ4n) is 4.33. The van der Waals surface area contributed by atoms with Gasteiger partial charge in [0.1, 0.15) is 0 Å². The van der Waals surface area contributed by atoms with Gasteiger partial charge in [0.05, 0.1) is 6.04 Å². The van der Waals surface area contributed by atoms with Crippen molar-refractivity contribution < 1.29 is 4.79 Å². The molecule has 1 saturated carbocycles. The number of likely N-dealkylation sites (tertiary alicyclic amines) is 1. The summed E-state index contributed by atoms with van der Waals surface area (Å²) in [7, 11) is 0. The van der Waals surface area contributed by atoms with E-state index in [1.807, 2.05) is 0 Å². The SMILES string of the molecule is O=C(C1CCCCC1)C1CCCN1C1CCNCC1. The second kappa shape index (κ2) is 6.36. The van der Waals surface area contributed by atoms with Gasteiger partial charge < -0.3 is 5.32 Å². The van der Waals surface area contributed by atoms with Crippen LogP contribution in [-0.2, 0) is 4.79 Å². The fourth-order valence-corrected chi connectivity index (χ4v) is 4.33. The first-order valence-electron chi connectivity index (χ1n) is 8.36. The van der Waals surface area contributed by atoms with E-state index in [0.29, 0.717) is 17.7 Å². The molecule has 3 nitrogen and oxygen atoms in total. The first kappa shape index (κ1) is 13.6. The predicted molar refractivity (Wildman–Crippen MR) is 77.2 cm³/mol. The highest BCUT2D eigenvalue weighted by molar-refractivity contribution is 5.86. The van der Waals surface area contributed by atoms with Gasteiger partial charge >= 0.3 is 0 Å². The van der Waals surface area contributed by atoms with E-state index >= 15 is 0 Å². The Morgan fingerprint density at radius 2 is 1.63 bits per heavy atom. The van der Waals surface area contributed by atoms with Crippen molar-refractivity contribution in [2.24, 2.45) is 5.92 Å². The molecule has 0 radical (unpaired) electrons. The molecule has 1 unspecified atom stereocenters. The predicted octanol–water partition coefficient (Wildman–Crippen LogP) is 2.35. The topological polar surface area (TPSA) is 32.3 Å². The maximum absolute atomic E-state index is 12.8. The summed E-state index contributed by atoms with van der Waals surface area (Å²) in [5.74, 6) is 0.983. The van der Waals surface area contributed by atoms with Gasteiger partial charge in [0.25, 0.3) is 0 Å². The lowest BCUT2D eigenvalue weighted by atomic mass is 9.83. The van der Waals surface area contributed by atoms with E-state index in [0.717, 1.165) is 38.9 Å². The van der Waals surface area contributed by atoms with Gasteiger partial charge in [-0.3, -0.25) is 9.69 Å². The maximum Gasteiger partial charge on any atom is 0.153 e. The number of carbonyl (C=O) groups is 1. The lowest BCUT2D eigenvalue weighted by Crippen LogP contribution is -2.49. The van der Waals surface area contributed by atoms with Crippen molar-refractivity contribution in [3.63, 3.8) is 0 Å². The summed E-state index contributed by atoms with van der Waals surface area (Å²) in [5.41, 5.74) is 0. The van der Waals surface area contributed by atoms with Crippen molar-refractivity contribution in [2.45, 2.75) is 69.9 Å². The Hall–Kier alpha value is -0.410. The highest BCUT2D eigenvalue weighted by atomic mass is 16.1. The summed E-state index contributed by atoms with van der Waals surface area (Å²) in [6.45, 7) is 3.42. The van der Waals surface area contributed by atoms with Crippen molar-refractivity contribution in [1.29, 1.82) is 0 Å². The molecule has 0 aromatic carbocycles. The average molecular weight is 264 g/mol. The van der Waals surface area contributed by atoms with Crippen LogP contribution in [0.25, 0.3) is 0 Å². The zero-order valence-electron chi connectivity index (χ0n) is 12.1. The molecule has 1 N–H and O–H groups in total. The number of nitrogens with zero attached hydrogens (tertiary/aromatic N) is 1. The van der Waals surface area contributed by atoms with Crippen LogP contribution in [0.4, 0.5) is 0 Å². The lowest BCUT2D eigenvalue weighted by molar-refractivity contribution is -0.129. The number of hydrogen-bond acceptors (Lipinski definition) is 3. The van der Waals surface area contributed by atoms with Crippen LogP contribution in [0.3, 0.4) is 0 Å². The molecule has 0 spiro atoms. The van der Waals surface area contributed by atoms with Gasteiger partial charge in [-0.1, -0.05) is 19.3 Å². The van der Waals surface area contributed by atoms with E-state index in [1.54, 1.807) is 0 Å². The molecule has 3 fully saturated rings. The van der Waals surface area contributed by atoms with Crippen molar-refractivity contribution in [2.75, 3.05) is 19.6 Å². The molecule has 2 saturated heterocycles. The fraction of sp³-hybridized carbons (Fsp3) is 0.938. The van der Waals surface area contributed by atoms with E-state index in [2.05, 4.69) is 10.2 Å². The molecular weight excluding hydrogens is 236 g/mol. The number of nitrogens with one attached hydrogen (secondary N) is 1. The third kappa shape index (κ3) is 3.03. The first-order chi connectivity index (χ1) is 9.36. The quantitative estimate of drug-likeness (QED) is 0.849. The van der Waals surface area contributed by atoms with Crippen LogP contribution < -0.4 is 5.32 Å². The minimum Gasteiger partial charge on any atom is -0.317 e. The van der Waals surface area contributed by atoms with Gasteiger partial charge in [-0.15, -0.1) is 0 Å². The first-order valence-corrected chi connectivity index (χ1v) is 8.36. The van der Waals surface area contributed by atoms with Crippen LogP contribution in [0.1, 0.15) is 57.8 Å². The molecule has 19 heavy (non-hydrogen) atoms. The number of ketones is 1. The molecule has 0 aromatic heterocycles. The van der Waals surface area contributed by atoms with E-state index in [4.69, 9.17) is 0 Å². The minimum absolute atomic E-state index is 0.270. The third-order valence-corrected chi connectivity index (χ3v) is 5.41. The average Bonchev–Trinajstić information content (AvgIpc) is 2.98. The van der Waals surface area contributed by atoms with Gasteiger partial charge in [-0.25, -0.2) is 0 Å². The smallest absolute Gasteiger partial charge is 0.153 e. The zero-order valence-corrected chi connectivity index (χ0v) is 12.1. The zero-order chi connectivity index (χ0) is 13.1. The number of rotatable bonds is 3. The Bertz CT molecular complexity index is 306. The van der Waals surface area contributed by atoms with Crippen LogP contribution in [-0.4, -0.2) is 42.4 Å². The summed E-state index contributed by atoms with van der Waals surface area (Å²) in [6.07, 6.45) is 11.0. The number of piperidine rings is 1. The largest absolute Gasteiger partial charge is 0.317 e. The highest BCUT2D eigenvalue weighted by Crippen LogP contribution is 2.31. The van der Waals surface area contributed by atoms with Crippen molar-refractivity contribution in [3.05, 3.63) is 0 Å². The van der Waals surface area contributed by atoms with Gasteiger partial charge in [-0.2, -0.15) is 0 Å². The van der Waals surface area contributed by atoms with Crippen molar-refractivity contribution in [3.8, 4) is 0 Å². The molecule has 0 aromatic rings. The molecule has 1 aliphatic carbocycles. The third-order valence-electron chi connectivity index (χ3n) is 5.41. The maximum atomic E-state index is 12.8. The van der Waals surface area contributed by atoms with E-state index < -0.39 is 0 Å². The molecule has 0 amide bonds. The van der Waals surface area contributed by atoms with E-state index in [-0.39, 0.29) is 6.04 Å². The van der Waals surface area contributed by atoms with Crippen LogP contribution in [0.5, 0.6) is 0 Å².